The molecule has 4 aromatic rings. The second kappa shape index (κ2) is 8.70. The fourth-order valence-corrected chi connectivity index (χ4v) is 3.73. The minimum absolute atomic E-state index is 0.300. The fraction of sp³-hybridized carbons (Fsp3) is 0.208. The van der Waals surface area contributed by atoms with Crippen LogP contribution in [0.4, 0.5) is 0 Å². The van der Waals surface area contributed by atoms with E-state index in [1.165, 1.54) is 7.11 Å². The molecule has 0 atom stereocenters. The molecular formula is C24H22N4O5. The van der Waals surface area contributed by atoms with Gasteiger partial charge >= 0.3 is 11.9 Å². The predicted molar refractivity (Wildman–Crippen MR) is 119 cm³/mol. The van der Waals surface area contributed by atoms with Crippen LogP contribution >= 0.6 is 0 Å². The van der Waals surface area contributed by atoms with Crippen LogP contribution in [0.3, 0.4) is 0 Å². The van der Waals surface area contributed by atoms with Gasteiger partial charge in [0.25, 0.3) is 0 Å². The highest BCUT2D eigenvalue weighted by Crippen LogP contribution is 2.22. The number of pyridine rings is 1. The zero-order chi connectivity index (χ0) is 23.7. The number of rotatable bonds is 6. The van der Waals surface area contributed by atoms with E-state index in [4.69, 9.17) is 9.47 Å². The van der Waals surface area contributed by atoms with Gasteiger partial charge in [0.15, 0.2) is 12.3 Å². The summed E-state index contributed by atoms with van der Waals surface area (Å²) in [5, 5.41) is 7.93. The minimum atomic E-state index is -0.606. The highest BCUT2D eigenvalue weighted by molar-refractivity contribution is 6.00. The molecule has 0 spiro atoms. The van der Waals surface area contributed by atoms with Gasteiger partial charge in [-0.3, -0.25) is 9.20 Å². The van der Waals surface area contributed by atoms with Crippen molar-refractivity contribution in [3.8, 4) is 5.69 Å². The topological polar surface area (TPSA) is 105 Å². The Labute approximate surface area is 189 Å². The molecule has 0 saturated carbocycles. The summed E-state index contributed by atoms with van der Waals surface area (Å²) < 4.78 is 13.6. The Balaban J connectivity index is 1.50. The van der Waals surface area contributed by atoms with E-state index in [0.29, 0.717) is 33.9 Å². The number of esters is 2. The first-order chi connectivity index (χ1) is 15.8. The molecule has 0 bridgehead atoms. The van der Waals surface area contributed by atoms with E-state index < -0.39 is 11.9 Å². The molecule has 168 valence electrons. The zero-order valence-electron chi connectivity index (χ0n) is 18.7. The Kier molecular flexibility index (Phi) is 5.78. The van der Waals surface area contributed by atoms with E-state index in [2.05, 4.69) is 10.2 Å². The van der Waals surface area contributed by atoms with Gasteiger partial charge in [0, 0.05) is 28.8 Å². The molecule has 0 aliphatic rings. The second-order valence-electron chi connectivity index (χ2n) is 7.55. The number of hydrogen-bond donors (Lipinski definition) is 0. The smallest absolute Gasteiger partial charge is 0.340 e. The third-order valence-electron chi connectivity index (χ3n) is 5.42. The van der Waals surface area contributed by atoms with E-state index in [-0.39, 0.29) is 12.4 Å². The van der Waals surface area contributed by atoms with Crippen molar-refractivity contribution in [3.63, 3.8) is 0 Å². The molecule has 0 saturated heterocycles. The lowest BCUT2D eigenvalue weighted by Gasteiger charge is -2.11. The summed E-state index contributed by atoms with van der Waals surface area (Å²) in [6.07, 6.45) is 1.58. The van der Waals surface area contributed by atoms with E-state index >= 15 is 0 Å². The van der Waals surface area contributed by atoms with Crippen molar-refractivity contribution in [1.29, 1.82) is 0 Å². The molecule has 33 heavy (non-hydrogen) atoms. The summed E-state index contributed by atoms with van der Waals surface area (Å²) in [4.78, 5) is 37.0. The summed E-state index contributed by atoms with van der Waals surface area (Å²) in [5.74, 6) is -0.692. The molecule has 0 amide bonds. The van der Waals surface area contributed by atoms with Crippen molar-refractivity contribution in [2.24, 2.45) is 0 Å². The van der Waals surface area contributed by atoms with Crippen LogP contribution in [0.25, 0.3) is 11.3 Å². The van der Waals surface area contributed by atoms with Crippen LogP contribution in [0.15, 0.2) is 48.7 Å². The first-order valence-corrected chi connectivity index (χ1v) is 10.2. The summed E-state index contributed by atoms with van der Waals surface area (Å²) in [6, 6.07) is 11.9. The number of Topliss-reactive ketones (excluding diaryl/α,β-unsaturated/α-hetero) is 1. The highest BCUT2D eigenvalue weighted by atomic mass is 16.5. The van der Waals surface area contributed by atoms with E-state index in [9.17, 15) is 14.4 Å². The molecular weight excluding hydrogens is 424 g/mol. The SMILES string of the molecule is COC(=O)c1ccc(-n2c(C)cc(C(=O)COC(=O)c3ccc4nnc(C)n4c3)c2C)cc1. The van der Waals surface area contributed by atoms with Crippen LogP contribution in [0.1, 0.15) is 48.3 Å². The average Bonchev–Trinajstić information content (AvgIpc) is 3.35. The van der Waals surface area contributed by atoms with Crippen LogP contribution in [-0.4, -0.2) is 50.6 Å². The average molecular weight is 446 g/mol. The van der Waals surface area contributed by atoms with Crippen LogP contribution in [0.2, 0.25) is 0 Å². The van der Waals surface area contributed by atoms with Gasteiger partial charge in [-0.1, -0.05) is 0 Å². The van der Waals surface area contributed by atoms with Gasteiger partial charge in [-0.05, 0) is 63.2 Å². The largest absolute Gasteiger partial charge is 0.465 e. The van der Waals surface area contributed by atoms with Gasteiger partial charge in [-0.2, -0.15) is 0 Å². The van der Waals surface area contributed by atoms with Gasteiger partial charge in [-0.15, -0.1) is 10.2 Å². The molecule has 0 aliphatic heterocycles. The molecule has 0 unspecified atom stereocenters. The molecule has 9 nitrogen and oxygen atoms in total. The predicted octanol–water partition coefficient (Wildman–Crippen LogP) is 3.27. The monoisotopic (exact) mass is 446 g/mol. The maximum atomic E-state index is 12.8. The zero-order valence-corrected chi connectivity index (χ0v) is 18.7. The fourth-order valence-electron chi connectivity index (χ4n) is 3.73. The minimum Gasteiger partial charge on any atom is -0.465 e. The highest BCUT2D eigenvalue weighted by Gasteiger charge is 2.19. The number of aryl methyl sites for hydroxylation is 2. The molecule has 0 aliphatic carbocycles. The number of ether oxygens (including phenoxy) is 2. The maximum Gasteiger partial charge on any atom is 0.340 e. The molecule has 3 heterocycles. The Morgan fingerprint density at radius 3 is 2.30 bits per heavy atom. The van der Waals surface area contributed by atoms with Crippen LogP contribution in [0, 0.1) is 20.8 Å². The summed E-state index contributed by atoms with van der Waals surface area (Å²) >= 11 is 0. The van der Waals surface area contributed by atoms with Gasteiger partial charge in [0.2, 0.25) is 5.78 Å². The van der Waals surface area contributed by atoms with Crippen molar-refractivity contribution in [2.75, 3.05) is 13.7 Å². The Bertz CT molecular complexity index is 1380. The van der Waals surface area contributed by atoms with Gasteiger partial charge < -0.3 is 14.0 Å². The maximum absolute atomic E-state index is 12.8. The molecule has 9 heteroatoms. The van der Waals surface area contributed by atoms with Crippen LogP contribution < -0.4 is 0 Å². The number of carbonyl (C=O) groups is 3. The first-order valence-electron chi connectivity index (χ1n) is 10.2. The summed E-state index contributed by atoms with van der Waals surface area (Å²) in [5.41, 5.74) is 4.16. The van der Waals surface area contributed by atoms with Gasteiger partial charge in [0.1, 0.15) is 5.82 Å². The first kappa shape index (κ1) is 21.9. The number of aromatic nitrogens is 4. The Hall–Kier alpha value is -4.27. The Morgan fingerprint density at radius 2 is 1.61 bits per heavy atom. The van der Waals surface area contributed by atoms with E-state index in [1.54, 1.807) is 60.0 Å². The van der Waals surface area contributed by atoms with Crippen LogP contribution in [0.5, 0.6) is 0 Å². The third kappa shape index (κ3) is 4.12. The lowest BCUT2D eigenvalue weighted by Crippen LogP contribution is -2.15. The quantitative estimate of drug-likeness (QED) is 0.331. The van der Waals surface area contributed by atoms with Crippen molar-refractivity contribution in [1.82, 2.24) is 19.2 Å². The van der Waals surface area contributed by atoms with Crippen LogP contribution in [-0.2, 0) is 9.47 Å². The number of fused-ring (bicyclic) bond motifs is 1. The van der Waals surface area contributed by atoms with Gasteiger partial charge in [-0.25, -0.2) is 9.59 Å². The van der Waals surface area contributed by atoms with Crippen molar-refractivity contribution in [2.45, 2.75) is 20.8 Å². The number of ketones is 1. The standard InChI is InChI=1S/C24H22N4O5/c1-14-11-20(15(2)28(14)19-8-5-17(6-9-19)23(30)32-4)21(29)13-33-24(31)18-7-10-22-26-25-16(3)27(22)12-18/h5-12H,13H2,1-4H3. The third-order valence-corrected chi connectivity index (χ3v) is 5.42. The summed E-state index contributed by atoms with van der Waals surface area (Å²) in [6.45, 7) is 5.08. The molecule has 1 aromatic carbocycles. The molecule has 0 N–H and O–H groups in total. The van der Waals surface area contributed by atoms with E-state index in [0.717, 1.165) is 11.4 Å². The van der Waals surface area contributed by atoms with Crippen molar-refractivity contribution < 1.29 is 23.9 Å². The second-order valence-corrected chi connectivity index (χ2v) is 7.55. The number of carbonyl (C=O) groups excluding carboxylic acids is 3. The summed E-state index contributed by atoms with van der Waals surface area (Å²) in [7, 11) is 1.33. The number of nitrogens with zero attached hydrogens (tertiary/aromatic N) is 4. The normalized spacial score (nSPS) is 10.9. The molecule has 0 radical (unpaired) electrons. The van der Waals surface area contributed by atoms with Crippen molar-refractivity contribution >= 4 is 23.4 Å². The lowest BCUT2D eigenvalue weighted by atomic mass is 10.1. The molecule has 0 fully saturated rings. The Morgan fingerprint density at radius 1 is 0.909 bits per heavy atom. The molecule has 4 rings (SSSR count). The number of benzene rings is 1. The number of hydrogen-bond acceptors (Lipinski definition) is 7. The van der Waals surface area contributed by atoms with E-state index in [1.807, 2.05) is 18.4 Å². The molecule has 3 aromatic heterocycles. The lowest BCUT2D eigenvalue weighted by molar-refractivity contribution is 0.0474. The number of methoxy groups -OCH3 is 1. The van der Waals surface area contributed by atoms with Gasteiger partial charge in [0.05, 0.1) is 18.2 Å². The van der Waals surface area contributed by atoms with Crippen molar-refractivity contribution in [3.05, 3.63) is 82.6 Å².